The Bertz CT molecular complexity index is 714. The third-order valence-corrected chi connectivity index (χ3v) is 3.58. The fourth-order valence-electron chi connectivity index (χ4n) is 2.25. The molecule has 0 fully saturated rings. The van der Waals surface area contributed by atoms with E-state index in [1.54, 1.807) is 50.3 Å². The zero-order chi connectivity index (χ0) is 17.5. The van der Waals surface area contributed by atoms with E-state index in [-0.39, 0.29) is 11.6 Å². The van der Waals surface area contributed by atoms with Crippen molar-refractivity contribution >= 4 is 11.6 Å². The second-order valence-electron chi connectivity index (χ2n) is 5.55. The molecule has 2 aromatic rings. The lowest BCUT2D eigenvalue weighted by Gasteiger charge is -2.15. The van der Waals surface area contributed by atoms with Crippen LogP contribution in [-0.2, 0) is 13.1 Å². The van der Waals surface area contributed by atoms with Crippen molar-refractivity contribution in [2.45, 2.75) is 13.1 Å². The van der Waals surface area contributed by atoms with Crippen molar-refractivity contribution in [3.8, 4) is 0 Å². The van der Waals surface area contributed by atoms with Crippen LogP contribution in [0.1, 0.15) is 11.1 Å². The van der Waals surface area contributed by atoms with Crippen molar-refractivity contribution < 1.29 is 8.78 Å². The summed E-state index contributed by atoms with van der Waals surface area (Å²) in [4.78, 5) is 5.81. The maximum Gasteiger partial charge on any atom is 0.191 e. The molecule has 2 aromatic carbocycles. The molecule has 0 aliphatic carbocycles. The lowest BCUT2D eigenvalue weighted by molar-refractivity contribution is 0.604. The van der Waals surface area contributed by atoms with Crippen LogP contribution in [0.15, 0.2) is 47.5 Å². The fraction of sp³-hybridized carbons (Fsp3) is 0.278. The number of rotatable bonds is 5. The summed E-state index contributed by atoms with van der Waals surface area (Å²) in [5.74, 6) is -0.00857. The van der Waals surface area contributed by atoms with Gasteiger partial charge in [0.1, 0.15) is 11.6 Å². The van der Waals surface area contributed by atoms with Crippen LogP contribution in [0, 0.1) is 11.6 Å². The highest BCUT2D eigenvalue weighted by Crippen LogP contribution is 2.18. The summed E-state index contributed by atoms with van der Waals surface area (Å²) in [5, 5.41) is 6.13. The highest BCUT2D eigenvalue weighted by atomic mass is 19.1. The van der Waals surface area contributed by atoms with E-state index in [9.17, 15) is 8.78 Å². The van der Waals surface area contributed by atoms with Crippen LogP contribution in [0.5, 0.6) is 0 Å². The van der Waals surface area contributed by atoms with Gasteiger partial charge in [-0.05, 0) is 23.8 Å². The molecule has 0 unspecified atom stereocenters. The van der Waals surface area contributed by atoms with Gasteiger partial charge in [-0.2, -0.15) is 0 Å². The van der Waals surface area contributed by atoms with Gasteiger partial charge >= 0.3 is 0 Å². The molecule has 0 amide bonds. The van der Waals surface area contributed by atoms with Crippen molar-refractivity contribution in [1.82, 2.24) is 10.6 Å². The summed E-state index contributed by atoms with van der Waals surface area (Å²) in [6, 6.07) is 11.7. The molecule has 0 aromatic heterocycles. The number of benzene rings is 2. The van der Waals surface area contributed by atoms with Gasteiger partial charge in [0.15, 0.2) is 5.96 Å². The molecule has 2 rings (SSSR count). The number of guanidine groups is 1. The van der Waals surface area contributed by atoms with Gasteiger partial charge < -0.3 is 15.5 Å². The molecule has 0 spiro atoms. The Balaban J connectivity index is 1.92. The van der Waals surface area contributed by atoms with Crippen LogP contribution in [0.25, 0.3) is 0 Å². The van der Waals surface area contributed by atoms with Crippen LogP contribution in [-0.4, -0.2) is 27.1 Å². The second-order valence-corrected chi connectivity index (χ2v) is 5.55. The Hall–Kier alpha value is -2.63. The number of hydrogen-bond acceptors (Lipinski definition) is 2. The zero-order valence-corrected chi connectivity index (χ0v) is 14.1. The molecule has 6 heteroatoms. The topological polar surface area (TPSA) is 39.7 Å². The van der Waals surface area contributed by atoms with Gasteiger partial charge in [-0.1, -0.05) is 24.3 Å². The smallest absolute Gasteiger partial charge is 0.191 e. The highest BCUT2D eigenvalue weighted by molar-refractivity contribution is 5.79. The minimum atomic E-state index is -0.270. The molecule has 0 radical (unpaired) electrons. The summed E-state index contributed by atoms with van der Waals surface area (Å²) >= 11 is 0. The van der Waals surface area contributed by atoms with Crippen molar-refractivity contribution in [3.63, 3.8) is 0 Å². The Kier molecular flexibility index (Phi) is 6.12. The van der Waals surface area contributed by atoms with E-state index in [0.717, 1.165) is 5.56 Å². The molecular formula is C18H22F2N4. The summed E-state index contributed by atoms with van der Waals surface area (Å²) in [7, 11) is 5.22. The van der Waals surface area contributed by atoms with E-state index >= 15 is 0 Å². The molecule has 0 saturated carbocycles. The lowest BCUT2D eigenvalue weighted by atomic mass is 10.2. The first-order valence-corrected chi connectivity index (χ1v) is 7.65. The predicted molar refractivity (Wildman–Crippen MR) is 94.2 cm³/mol. The molecule has 2 N–H and O–H groups in total. The SMILES string of the molecule is CN=C(NCc1ccc(N(C)C)c(F)c1)NCc1ccccc1F. The fourth-order valence-corrected chi connectivity index (χ4v) is 2.25. The van der Waals surface area contributed by atoms with E-state index in [1.165, 1.54) is 12.1 Å². The van der Waals surface area contributed by atoms with Gasteiger partial charge in [0.05, 0.1) is 5.69 Å². The molecule has 0 bridgehead atoms. The van der Waals surface area contributed by atoms with Crippen molar-refractivity contribution in [2.24, 2.45) is 4.99 Å². The monoisotopic (exact) mass is 332 g/mol. The molecule has 0 aliphatic rings. The molecule has 0 saturated heterocycles. The van der Waals surface area contributed by atoms with Gasteiger partial charge in [-0.15, -0.1) is 0 Å². The van der Waals surface area contributed by atoms with Crippen LogP contribution in [0.2, 0.25) is 0 Å². The zero-order valence-electron chi connectivity index (χ0n) is 14.1. The number of aliphatic imine (C=N–C) groups is 1. The molecular weight excluding hydrogens is 310 g/mol. The van der Waals surface area contributed by atoms with Gasteiger partial charge in [-0.25, -0.2) is 8.78 Å². The number of halogens is 2. The first-order valence-electron chi connectivity index (χ1n) is 7.65. The number of anilines is 1. The maximum atomic E-state index is 14.0. The Labute approximate surface area is 141 Å². The first-order chi connectivity index (χ1) is 11.5. The third-order valence-electron chi connectivity index (χ3n) is 3.58. The second kappa shape index (κ2) is 8.29. The van der Waals surface area contributed by atoms with Crippen LogP contribution in [0.3, 0.4) is 0 Å². The van der Waals surface area contributed by atoms with E-state index < -0.39 is 0 Å². The van der Waals surface area contributed by atoms with Crippen molar-refractivity contribution in [2.75, 3.05) is 26.0 Å². The Morgan fingerprint density at radius 1 is 1.00 bits per heavy atom. The minimum Gasteiger partial charge on any atom is -0.375 e. The van der Waals surface area contributed by atoms with Crippen molar-refractivity contribution in [1.29, 1.82) is 0 Å². The van der Waals surface area contributed by atoms with Gasteiger partial charge in [-0.3, -0.25) is 4.99 Å². The van der Waals surface area contributed by atoms with E-state index in [4.69, 9.17) is 0 Å². The summed E-state index contributed by atoms with van der Waals surface area (Å²) < 4.78 is 27.6. The summed E-state index contributed by atoms with van der Waals surface area (Å²) in [5.41, 5.74) is 1.90. The van der Waals surface area contributed by atoms with E-state index in [0.29, 0.717) is 30.3 Å². The normalized spacial score (nSPS) is 11.3. The molecule has 0 atom stereocenters. The number of nitrogens with one attached hydrogen (secondary N) is 2. The standard InChI is InChI=1S/C18H22F2N4/c1-21-18(23-12-14-6-4-5-7-15(14)19)22-11-13-8-9-17(24(2)3)16(20)10-13/h4-10H,11-12H2,1-3H3,(H2,21,22,23). The minimum absolute atomic E-state index is 0.262. The van der Waals surface area contributed by atoms with E-state index in [1.807, 2.05) is 6.07 Å². The van der Waals surface area contributed by atoms with Crippen molar-refractivity contribution in [3.05, 3.63) is 65.2 Å². The average Bonchev–Trinajstić information content (AvgIpc) is 2.56. The largest absolute Gasteiger partial charge is 0.375 e. The number of nitrogens with zero attached hydrogens (tertiary/aromatic N) is 2. The van der Waals surface area contributed by atoms with Crippen LogP contribution in [0.4, 0.5) is 14.5 Å². The molecule has 0 aliphatic heterocycles. The average molecular weight is 332 g/mol. The molecule has 0 heterocycles. The van der Waals surface area contributed by atoms with Gasteiger partial charge in [0.25, 0.3) is 0 Å². The predicted octanol–water partition coefficient (Wildman–Crippen LogP) is 2.90. The molecule has 24 heavy (non-hydrogen) atoms. The van der Waals surface area contributed by atoms with Gasteiger partial charge in [0, 0.05) is 39.8 Å². The lowest BCUT2D eigenvalue weighted by Crippen LogP contribution is -2.36. The third kappa shape index (κ3) is 4.68. The van der Waals surface area contributed by atoms with Gasteiger partial charge in [0.2, 0.25) is 0 Å². The maximum absolute atomic E-state index is 14.0. The quantitative estimate of drug-likeness (QED) is 0.653. The summed E-state index contributed by atoms with van der Waals surface area (Å²) in [6.07, 6.45) is 0. The van der Waals surface area contributed by atoms with E-state index in [2.05, 4.69) is 15.6 Å². The molecule has 128 valence electrons. The number of hydrogen-bond donors (Lipinski definition) is 2. The Morgan fingerprint density at radius 2 is 1.71 bits per heavy atom. The highest BCUT2D eigenvalue weighted by Gasteiger charge is 2.06. The first kappa shape index (κ1) is 17.7. The van der Waals surface area contributed by atoms with Crippen LogP contribution >= 0.6 is 0 Å². The van der Waals surface area contributed by atoms with Crippen LogP contribution < -0.4 is 15.5 Å². The molecule has 4 nitrogen and oxygen atoms in total. The Morgan fingerprint density at radius 3 is 2.33 bits per heavy atom. The summed E-state index contributed by atoms with van der Waals surface area (Å²) in [6.45, 7) is 0.738.